The van der Waals surface area contributed by atoms with Gasteiger partial charge >= 0.3 is 0 Å². The lowest BCUT2D eigenvalue weighted by atomic mass is 10.1. The molecule has 1 saturated heterocycles. The average Bonchev–Trinajstić information content (AvgIpc) is 2.88. The molecule has 1 aliphatic carbocycles. The van der Waals surface area contributed by atoms with Crippen LogP contribution in [-0.4, -0.2) is 39.0 Å². The summed E-state index contributed by atoms with van der Waals surface area (Å²) in [7, 11) is 1.75. The molecule has 0 bridgehead atoms. The standard InChI is InChI=1S/C12H23NO2/c1-9-3-4-12(15-9)11-7-10(11)8-13-5-6-14-2/h9-13H,3-8H2,1-2H3. The molecule has 0 aromatic rings. The summed E-state index contributed by atoms with van der Waals surface area (Å²) in [5, 5.41) is 3.43. The lowest BCUT2D eigenvalue weighted by Crippen LogP contribution is -2.23. The molecule has 4 atom stereocenters. The Labute approximate surface area is 92.5 Å². The molecule has 1 N–H and O–H groups in total. The summed E-state index contributed by atoms with van der Waals surface area (Å²) in [6, 6.07) is 0. The van der Waals surface area contributed by atoms with Crippen molar-refractivity contribution in [1.82, 2.24) is 5.32 Å². The summed E-state index contributed by atoms with van der Waals surface area (Å²) in [5.74, 6) is 1.70. The fourth-order valence-corrected chi connectivity index (χ4v) is 2.57. The minimum absolute atomic E-state index is 0.498. The Hall–Kier alpha value is -0.120. The number of hydrogen-bond donors (Lipinski definition) is 1. The highest BCUT2D eigenvalue weighted by Gasteiger charge is 2.45. The molecule has 15 heavy (non-hydrogen) atoms. The molecular weight excluding hydrogens is 190 g/mol. The number of nitrogens with one attached hydrogen (secondary N) is 1. The van der Waals surface area contributed by atoms with Gasteiger partial charge in [0.25, 0.3) is 0 Å². The van der Waals surface area contributed by atoms with E-state index in [0.717, 1.165) is 31.5 Å². The van der Waals surface area contributed by atoms with Gasteiger partial charge in [-0.3, -0.25) is 0 Å². The highest BCUT2D eigenvalue weighted by Crippen LogP contribution is 2.45. The van der Waals surface area contributed by atoms with Crippen LogP contribution in [0.1, 0.15) is 26.2 Å². The minimum Gasteiger partial charge on any atom is -0.383 e. The third-order valence-corrected chi connectivity index (χ3v) is 3.61. The second-order valence-corrected chi connectivity index (χ2v) is 4.92. The van der Waals surface area contributed by atoms with Crippen LogP contribution in [0.5, 0.6) is 0 Å². The van der Waals surface area contributed by atoms with Crippen molar-refractivity contribution < 1.29 is 9.47 Å². The number of rotatable bonds is 6. The highest BCUT2D eigenvalue weighted by atomic mass is 16.5. The van der Waals surface area contributed by atoms with Crippen LogP contribution in [0.3, 0.4) is 0 Å². The molecule has 88 valence electrons. The van der Waals surface area contributed by atoms with Gasteiger partial charge in [0, 0.05) is 13.7 Å². The molecule has 2 rings (SSSR count). The number of methoxy groups -OCH3 is 1. The van der Waals surface area contributed by atoms with Crippen LogP contribution in [0, 0.1) is 11.8 Å². The molecule has 3 nitrogen and oxygen atoms in total. The first-order valence-corrected chi connectivity index (χ1v) is 6.16. The maximum absolute atomic E-state index is 5.89. The van der Waals surface area contributed by atoms with Gasteiger partial charge in [-0.05, 0) is 44.6 Å². The maximum Gasteiger partial charge on any atom is 0.0611 e. The molecule has 3 heteroatoms. The quantitative estimate of drug-likeness (QED) is 0.677. The van der Waals surface area contributed by atoms with Crippen LogP contribution in [0.4, 0.5) is 0 Å². The van der Waals surface area contributed by atoms with E-state index in [1.165, 1.54) is 19.3 Å². The van der Waals surface area contributed by atoms with Crippen molar-refractivity contribution >= 4 is 0 Å². The van der Waals surface area contributed by atoms with Crippen molar-refractivity contribution in [3.63, 3.8) is 0 Å². The van der Waals surface area contributed by atoms with Gasteiger partial charge < -0.3 is 14.8 Å². The van der Waals surface area contributed by atoms with E-state index in [9.17, 15) is 0 Å². The Bertz CT molecular complexity index is 198. The summed E-state index contributed by atoms with van der Waals surface area (Å²) in [6.07, 6.45) is 4.95. The van der Waals surface area contributed by atoms with Gasteiger partial charge in [0.15, 0.2) is 0 Å². The summed E-state index contributed by atoms with van der Waals surface area (Å²) < 4.78 is 10.9. The fourth-order valence-electron chi connectivity index (χ4n) is 2.57. The zero-order valence-electron chi connectivity index (χ0n) is 9.87. The summed E-state index contributed by atoms with van der Waals surface area (Å²) in [6.45, 7) is 5.12. The molecule has 1 heterocycles. The van der Waals surface area contributed by atoms with Gasteiger partial charge in [-0.2, -0.15) is 0 Å². The maximum atomic E-state index is 5.89. The smallest absolute Gasteiger partial charge is 0.0611 e. The van der Waals surface area contributed by atoms with Crippen LogP contribution in [0.15, 0.2) is 0 Å². The van der Waals surface area contributed by atoms with Crippen LogP contribution >= 0.6 is 0 Å². The van der Waals surface area contributed by atoms with E-state index in [1.807, 2.05) is 0 Å². The molecule has 0 amide bonds. The van der Waals surface area contributed by atoms with E-state index >= 15 is 0 Å². The average molecular weight is 213 g/mol. The second-order valence-electron chi connectivity index (χ2n) is 4.92. The zero-order valence-corrected chi connectivity index (χ0v) is 9.87. The Morgan fingerprint density at radius 1 is 1.40 bits per heavy atom. The van der Waals surface area contributed by atoms with Crippen molar-refractivity contribution in [1.29, 1.82) is 0 Å². The van der Waals surface area contributed by atoms with Crippen molar-refractivity contribution in [2.24, 2.45) is 11.8 Å². The van der Waals surface area contributed by atoms with Gasteiger partial charge in [-0.25, -0.2) is 0 Å². The van der Waals surface area contributed by atoms with Gasteiger partial charge in [-0.1, -0.05) is 0 Å². The first-order valence-electron chi connectivity index (χ1n) is 6.16. The van der Waals surface area contributed by atoms with E-state index in [2.05, 4.69) is 12.2 Å². The second kappa shape index (κ2) is 5.28. The topological polar surface area (TPSA) is 30.5 Å². The molecule has 2 fully saturated rings. The van der Waals surface area contributed by atoms with Gasteiger partial charge in [0.1, 0.15) is 0 Å². The summed E-state index contributed by atoms with van der Waals surface area (Å²) >= 11 is 0. The normalized spacial score (nSPS) is 39.6. The molecule has 1 saturated carbocycles. The van der Waals surface area contributed by atoms with E-state index in [4.69, 9.17) is 9.47 Å². The van der Waals surface area contributed by atoms with Crippen molar-refractivity contribution in [2.45, 2.75) is 38.4 Å². The molecule has 0 radical (unpaired) electrons. The third kappa shape index (κ3) is 3.16. The number of hydrogen-bond acceptors (Lipinski definition) is 3. The Balaban J connectivity index is 1.56. The Morgan fingerprint density at radius 2 is 2.27 bits per heavy atom. The van der Waals surface area contributed by atoms with Crippen molar-refractivity contribution in [3.05, 3.63) is 0 Å². The molecule has 0 aromatic heterocycles. The minimum atomic E-state index is 0.498. The molecule has 0 spiro atoms. The fraction of sp³-hybridized carbons (Fsp3) is 1.00. The van der Waals surface area contributed by atoms with E-state index in [0.29, 0.717) is 12.2 Å². The SMILES string of the molecule is COCCNCC1CC1C1CCC(C)O1. The molecular formula is C12H23NO2. The lowest BCUT2D eigenvalue weighted by Gasteiger charge is -2.10. The van der Waals surface area contributed by atoms with E-state index in [1.54, 1.807) is 7.11 Å². The van der Waals surface area contributed by atoms with Crippen molar-refractivity contribution in [2.75, 3.05) is 26.8 Å². The molecule has 1 aliphatic heterocycles. The van der Waals surface area contributed by atoms with Crippen LogP contribution < -0.4 is 5.32 Å². The third-order valence-electron chi connectivity index (χ3n) is 3.61. The lowest BCUT2D eigenvalue weighted by molar-refractivity contribution is 0.0396. The van der Waals surface area contributed by atoms with Crippen LogP contribution in [0.2, 0.25) is 0 Å². The zero-order chi connectivity index (χ0) is 10.7. The summed E-state index contributed by atoms with van der Waals surface area (Å²) in [4.78, 5) is 0. The largest absolute Gasteiger partial charge is 0.383 e. The Morgan fingerprint density at radius 3 is 2.93 bits per heavy atom. The summed E-state index contributed by atoms with van der Waals surface area (Å²) in [5.41, 5.74) is 0. The Kier molecular flexibility index (Phi) is 4.00. The predicted octanol–water partition coefficient (Wildman–Crippen LogP) is 1.43. The number of ether oxygens (including phenoxy) is 2. The molecule has 4 unspecified atom stereocenters. The van der Waals surface area contributed by atoms with Crippen molar-refractivity contribution in [3.8, 4) is 0 Å². The first kappa shape index (κ1) is 11.4. The molecule has 2 aliphatic rings. The van der Waals surface area contributed by atoms with E-state index < -0.39 is 0 Å². The monoisotopic (exact) mass is 213 g/mol. The highest BCUT2D eigenvalue weighted by molar-refractivity contribution is 4.95. The van der Waals surface area contributed by atoms with Crippen LogP contribution in [-0.2, 0) is 9.47 Å². The van der Waals surface area contributed by atoms with Gasteiger partial charge in [0.05, 0.1) is 18.8 Å². The molecule has 0 aromatic carbocycles. The van der Waals surface area contributed by atoms with Crippen LogP contribution in [0.25, 0.3) is 0 Å². The van der Waals surface area contributed by atoms with Gasteiger partial charge in [0.2, 0.25) is 0 Å². The first-order chi connectivity index (χ1) is 7.31. The van der Waals surface area contributed by atoms with E-state index in [-0.39, 0.29) is 0 Å². The predicted molar refractivity (Wildman–Crippen MR) is 59.9 cm³/mol. The van der Waals surface area contributed by atoms with Gasteiger partial charge in [-0.15, -0.1) is 0 Å².